The molecule has 3 N–H and O–H groups in total. The topological polar surface area (TPSA) is 94.0 Å². The Hall–Kier alpha value is -1.21. The minimum Gasteiger partial charge on any atom is -0.384 e. The van der Waals surface area contributed by atoms with E-state index in [9.17, 15) is 13.5 Å². The molecule has 0 aliphatic carbocycles. The predicted octanol–water partition coefficient (Wildman–Crippen LogP) is 2.45. The van der Waals surface area contributed by atoms with Crippen molar-refractivity contribution >= 4 is 51.3 Å². The van der Waals surface area contributed by atoms with Gasteiger partial charge in [-0.2, -0.15) is 4.31 Å². The molecule has 1 unspecified atom stereocenters. The molecule has 0 bridgehead atoms. The monoisotopic (exact) mass is 552 g/mol. The summed E-state index contributed by atoms with van der Waals surface area (Å²) in [6.45, 7) is 5.18. The minimum absolute atomic E-state index is 0. The standard InChI is InChI=1S/C19H28N4O3S2.HI/c1-4-20-18(22-15-19(2,24)16-9-6-5-7-10-16)21-12-13-23(3)28(25,26)17-11-8-14-27-17;/h5-11,14,24H,4,12-13,15H2,1-3H3,(H2,20,21,22);1H. The van der Waals surface area contributed by atoms with E-state index in [1.807, 2.05) is 37.3 Å². The van der Waals surface area contributed by atoms with Crippen molar-refractivity contribution in [2.24, 2.45) is 4.99 Å². The summed E-state index contributed by atoms with van der Waals surface area (Å²) in [7, 11) is -1.91. The maximum atomic E-state index is 12.4. The molecule has 0 aliphatic heterocycles. The Labute approximate surface area is 194 Å². The third kappa shape index (κ3) is 7.52. The molecule has 1 aromatic carbocycles. The van der Waals surface area contributed by atoms with Crippen LogP contribution in [-0.2, 0) is 15.6 Å². The highest BCUT2D eigenvalue weighted by atomic mass is 127. The van der Waals surface area contributed by atoms with Crippen molar-refractivity contribution in [1.29, 1.82) is 0 Å². The number of hydrogen-bond acceptors (Lipinski definition) is 5. The first kappa shape index (κ1) is 25.8. The molecule has 1 heterocycles. The van der Waals surface area contributed by atoms with Gasteiger partial charge in [0.25, 0.3) is 10.0 Å². The molecule has 1 atom stereocenters. The molecule has 2 rings (SSSR count). The molecular weight excluding hydrogens is 523 g/mol. The zero-order valence-electron chi connectivity index (χ0n) is 16.8. The number of halogens is 1. The maximum absolute atomic E-state index is 12.4. The molecule has 1 aromatic heterocycles. The number of rotatable bonds is 9. The van der Waals surface area contributed by atoms with Gasteiger partial charge in [-0.05, 0) is 30.9 Å². The number of benzene rings is 1. The van der Waals surface area contributed by atoms with E-state index in [-0.39, 0.29) is 30.5 Å². The second-order valence-corrected chi connectivity index (χ2v) is 9.74. The third-order valence-electron chi connectivity index (χ3n) is 4.16. The van der Waals surface area contributed by atoms with Crippen LogP contribution >= 0.6 is 35.3 Å². The molecule has 10 heteroatoms. The number of nitrogens with zero attached hydrogens (tertiary/aromatic N) is 2. The molecule has 0 aliphatic rings. The first-order valence-corrected chi connectivity index (χ1v) is 11.4. The van der Waals surface area contributed by atoms with E-state index >= 15 is 0 Å². The van der Waals surface area contributed by atoms with E-state index in [1.165, 1.54) is 15.6 Å². The van der Waals surface area contributed by atoms with Crippen molar-refractivity contribution in [3.8, 4) is 0 Å². The van der Waals surface area contributed by atoms with Gasteiger partial charge >= 0.3 is 0 Å². The van der Waals surface area contributed by atoms with Crippen molar-refractivity contribution in [3.63, 3.8) is 0 Å². The van der Waals surface area contributed by atoms with E-state index < -0.39 is 15.6 Å². The van der Waals surface area contributed by atoms with E-state index in [0.717, 1.165) is 5.56 Å². The number of likely N-dealkylation sites (N-methyl/N-ethyl adjacent to an activating group) is 1. The van der Waals surface area contributed by atoms with Crippen LogP contribution in [0.15, 0.2) is 57.0 Å². The highest BCUT2D eigenvalue weighted by molar-refractivity contribution is 14.0. The Morgan fingerprint density at radius 1 is 1.21 bits per heavy atom. The number of thiophene rings is 1. The molecule has 0 saturated heterocycles. The Balaban J connectivity index is 0.00000420. The van der Waals surface area contributed by atoms with E-state index in [2.05, 4.69) is 15.6 Å². The zero-order chi connectivity index (χ0) is 20.6. The third-order valence-corrected chi connectivity index (χ3v) is 7.39. The van der Waals surface area contributed by atoms with Crippen molar-refractivity contribution in [1.82, 2.24) is 14.9 Å². The molecule has 0 spiro atoms. The van der Waals surface area contributed by atoms with Gasteiger partial charge in [-0.3, -0.25) is 0 Å². The summed E-state index contributed by atoms with van der Waals surface area (Å²) < 4.78 is 26.5. The van der Waals surface area contributed by atoms with Gasteiger partial charge in [0, 0.05) is 26.7 Å². The lowest BCUT2D eigenvalue weighted by Crippen LogP contribution is -2.42. The fraction of sp³-hybridized carbons (Fsp3) is 0.421. The lowest BCUT2D eigenvalue weighted by Gasteiger charge is -2.23. The maximum Gasteiger partial charge on any atom is 0.252 e. The lowest BCUT2D eigenvalue weighted by atomic mass is 9.96. The highest BCUT2D eigenvalue weighted by Crippen LogP contribution is 2.20. The summed E-state index contributed by atoms with van der Waals surface area (Å²) >= 11 is 1.20. The largest absolute Gasteiger partial charge is 0.384 e. The molecule has 29 heavy (non-hydrogen) atoms. The Morgan fingerprint density at radius 3 is 2.48 bits per heavy atom. The molecular formula is C19H29IN4O3S2. The summed E-state index contributed by atoms with van der Waals surface area (Å²) in [5.41, 5.74) is -0.306. The van der Waals surface area contributed by atoms with Crippen LogP contribution in [0.5, 0.6) is 0 Å². The average molecular weight is 553 g/mol. The first-order valence-electron chi connectivity index (χ1n) is 9.07. The smallest absolute Gasteiger partial charge is 0.252 e. The number of nitrogens with one attached hydrogen (secondary N) is 2. The van der Waals surface area contributed by atoms with E-state index in [0.29, 0.717) is 29.8 Å². The second kappa shape index (κ2) is 11.8. The number of sulfonamides is 1. The van der Waals surface area contributed by atoms with Crippen LogP contribution in [0.25, 0.3) is 0 Å². The van der Waals surface area contributed by atoms with Crippen molar-refractivity contribution < 1.29 is 13.5 Å². The Morgan fingerprint density at radius 2 is 1.90 bits per heavy atom. The minimum atomic E-state index is -3.47. The van der Waals surface area contributed by atoms with Gasteiger partial charge in [0.05, 0.1) is 6.54 Å². The summed E-state index contributed by atoms with van der Waals surface area (Å²) in [4.78, 5) is 4.45. The van der Waals surface area contributed by atoms with Crippen LogP contribution in [0.2, 0.25) is 0 Å². The van der Waals surface area contributed by atoms with Gasteiger partial charge in [-0.25, -0.2) is 13.4 Å². The molecule has 0 saturated carbocycles. The quantitative estimate of drug-likeness (QED) is 0.253. The molecule has 0 radical (unpaired) electrons. The zero-order valence-corrected chi connectivity index (χ0v) is 20.8. The van der Waals surface area contributed by atoms with Gasteiger partial charge in [-0.15, -0.1) is 35.3 Å². The lowest BCUT2D eigenvalue weighted by molar-refractivity contribution is 0.0672. The summed E-state index contributed by atoms with van der Waals surface area (Å²) in [5.74, 6) is 0.528. The molecule has 0 amide bonds. The Kier molecular flexibility index (Phi) is 10.5. The summed E-state index contributed by atoms with van der Waals surface area (Å²) in [5, 5.41) is 18.7. The van der Waals surface area contributed by atoms with E-state index in [4.69, 9.17) is 0 Å². The van der Waals surface area contributed by atoms with Crippen LogP contribution in [0.3, 0.4) is 0 Å². The molecule has 2 aromatic rings. The molecule has 0 fully saturated rings. The van der Waals surface area contributed by atoms with Crippen molar-refractivity contribution in [3.05, 3.63) is 53.4 Å². The fourth-order valence-electron chi connectivity index (χ4n) is 2.48. The SMILES string of the molecule is CCNC(=NCC(C)(O)c1ccccc1)NCCN(C)S(=O)(=O)c1cccs1.I. The van der Waals surface area contributed by atoms with Crippen LogP contribution in [0, 0.1) is 0 Å². The number of guanidine groups is 1. The normalized spacial score (nSPS) is 14.2. The number of hydrogen-bond donors (Lipinski definition) is 3. The van der Waals surface area contributed by atoms with Gasteiger partial charge < -0.3 is 15.7 Å². The first-order chi connectivity index (χ1) is 13.3. The number of aliphatic hydroxyl groups is 1. The molecule has 7 nitrogen and oxygen atoms in total. The second-order valence-electron chi connectivity index (χ2n) is 6.52. The fourth-order valence-corrected chi connectivity index (χ4v) is 4.85. The van der Waals surface area contributed by atoms with Crippen LogP contribution in [0.1, 0.15) is 19.4 Å². The summed E-state index contributed by atoms with van der Waals surface area (Å²) in [6, 6.07) is 12.7. The Bertz CT molecular complexity index is 857. The van der Waals surface area contributed by atoms with Crippen molar-refractivity contribution in [2.45, 2.75) is 23.7 Å². The molecule has 162 valence electrons. The summed E-state index contributed by atoms with van der Waals surface area (Å²) in [6.07, 6.45) is 0. The van der Waals surface area contributed by atoms with E-state index in [1.54, 1.807) is 31.5 Å². The average Bonchev–Trinajstić information content (AvgIpc) is 3.22. The highest BCUT2D eigenvalue weighted by Gasteiger charge is 2.23. The van der Waals surface area contributed by atoms with Gasteiger partial charge in [0.15, 0.2) is 5.96 Å². The van der Waals surface area contributed by atoms with Crippen LogP contribution < -0.4 is 10.6 Å². The van der Waals surface area contributed by atoms with Gasteiger partial charge in [0.1, 0.15) is 9.81 Å². The van der Waals surface area contributed by atoms with Crippen LogP contribution in [-0.4, -0.2) is 57.0 Å². The predicted molar refractivity (Wildman–Crippen MR) is 130 cm³/mol. The number of aliphatic imine (C=N–C) groups is 1. The van der Waals surface area contributed by atoms with Crippen molar-refractivity contribution in [2.75, 3.05) is 33.2 Å². The van der Waals surface area contributed by atoms with Crippen LogP contribution in [0.4, 0.5) is 0 Å². The van der Waals surface area contributed by atoms with Gasteiger partial charge in [-0.1, -0.05) is 36.4 Å². The van der Waals surface area contributed by atoms with Gasteiger partial charge in [0.2, 0.25) is 0 Å².